The summed E-state index contributed by atoms with van der Waals surface area (Å²) in [6, 6.07) is 7.84. The first kappa shape index (κ1) is 22.6. The number of likely N-dealkylation sites (tertiary alicyclic amines) is 2. The lowest BCUT2D eigenvalue weighted by atomic mass is 9.90. The number of rotatable bonds is 8. The molecule has 3 fully saturated rings. The third-order valence-corrected chi connectivity index (χ3v) is 7.06. The van der Waals surface area contributed by atoms with Crippen molar-refractivity contribution in [2.45, 2.75) is 64.0 Å². The fourth-order valence-corrected chi connectivity index (χ4v) is 4.96. The van der Waals surface area contributed by atoms with E-state index in [1.165, 1.54) is 0 Å². The van der Waals surface area contributed by atoms with Crippen molar-refractivity contribution in [1.82, 2.24) is 15.1 Å². The Balaban J connectivity index is 1.46. The van der Waals surface area contributed by atoms with Crippen LogP contribution < -0.4 is 10.1 Å². The highest BCUT2D eigenvalue weighted by Gasteiger charge is 2.46. The average molecular weight is 442 g/mol. The highest BCUT2D eigenvalue weighted by Crippen LogP contribution is 2.40. The Morgan fingerprint density at radius 3 is 2.38 bits per heavy atom. The molecule has 1 aromatic rings. The molecule has 1 aliphatic carbocycles. The van der Waals surface area contributed by atoms with Gasteiger partial charge < -0.3 is 19.9 Å². The summed E-state index contributed by atoms with van der Waals surface area (Å²) in [4.78, 5) is 42.6. The molecule has 32 heavy (non-hydrogen) atoms. The standard InChI is InChI=1S/C25H35N3O4/c1-3-4-13-28-22(29)16-21(23(28)17-5-9-20(32-2)10-6-17)25(31)27-14-11-18(12-15-27)24(30)26-19-7-8-19/h5-6,9-10,18-19,21,23H,3-4,7-8,11-16H2,1-2H3,(H,26,30). The minimum absolute atomic E-state index is 0.0108. The summed E-state index contributed by atoms with van der Waals surface area (Å²) < 4.78 is 5.28. The topological polar surface area (TPSA) is 79.0 Å². The lowest BCUT2D eigenvalue weighted by Crippen LogP contribution is -2.46. The predicted molar refractivity (Wildman–Crippen MR) is 121 cm³/mol. The molecule has 3 aliphatic rings. The zero-order chi connectivity index (χ0) is 22.7. The van der Waals surface area contributed by atoms with Crippen LogP contribution in [0.4, 0.5) is 0 Å². The molecule has 1 saturated carbocycles. The van der Waals surface area contributed by atoms with Crippen LogP contribution in [0.25, 0.3) is 0 Å². The van der Waals surface area contributed by atoms with Gasteiger partial charge in [-0.2, -0.15) is 0 Å². The van der Waals surface area contributed by atoms with E-state index >= 15 is 0 Å². The van der Waals surface area contributed by atoms with Crippen LogP contribution in [0.5, 0.6) is 5.75 Å². The molecule has 1 N–H and O–H groups in total. The number of ether oxygens (including phenoxy) is 1. The molecule has 174 valence electrons. The van der Waals surface area contributed by atoms with Gasteiger partial charge in [0.25, 0.3) is 0 Å². The Kier molecular flexibility index (Phi) is 7.01. The van der Waals surface area contributed by atoms with E-state index in [-0.39, 0.29) is 42.0 Å². The zero-order valence-electron chi connectivity index (χ0n) is 19.2. The molecular formula is C25H35N3O4. The monoisotopic (exact) mass is 441 g/mol. The van der Waals surface area contributed by atoms with Gasteiger partial charge in [-0.1, -0.05) is 25.5 Å². The first-order valence-electron chi connectivity index (χ1n) is 12.0. The smallest absolute Gasteiger partial charge is 0.228 e. The van der Waals surface area contributed by atoms with Crippen molar-refractivity contribution in [2.24, 2.45) is 11.8 Å². The highest BCUT2D eigenvalue weighted by molar-refractivity contribution is 5.90. The van der Waals surface area contributed by atoms with Crippen molar-refractivity contribution >= 4 is 17.7 Å². The fraction of sp³-hybridized carbons (Fsp3) is 0.640. The summed E-state index contributed by atoms with van der Waals surface area (Å²) in [5, 5.41) is 3.09. The number of benzene rings is 1. The first-order chi connectivity index (χ1) is 15.5. The lowest BCUT2D eigenvalue weighted by Gasteiger charge is -2.35. The molecule has 4 rings (SSSR count). The van der Waals surface area contributed by atoms with Crippen molar-refractivity contribution < 1.29 is 19.1 Å². The predicted octanol–water partition coefficient (Wildman–Crippen LogP) is 2.90. The van der Waals surface area contributed by atoms with E-state index in [1.807, 2.05) is 34.1 Å². The van der Waals surface area contributed by atoms with Gasteiger partial charge in [0.05, 0.1) is 19.1 Å². The third-order valence-electron chi connectivity index (χ3n) is 7.06. The van der Waals surface area contributed by atoms with Crippen LogP contribution in [0, 0.1) is 11.8 Å². The molecule has 3 amide bonds. The summed E-state index contributed by atoms with van der Waals surface area (Å²) in [6.45, 7) is 3.93. The highest BCUT2D eigenvalue weighted by atomic mass is 16.5. The van der Waals surface area contributed by atoms with Crippen LogP contribution in [0.1, 0.15) is 63.5 Å². The largest absolute Gasteiger partial charge is 0.497 e. The molecule has 7 heteroatoms. The van der Waals surface area contributed by atoms with Crippen LogP contribution in [0.15, 0.2) is 24.3 Å². The molecule has 0 radical (unpaired) electrons. The van der Waals surface area contributed by atoms with Crippen LogP contribution in [-0.4, -0.2) is 60.3 Å². The van der Waals surface area contributed by atoms with Gasteiger partial charge in [-0.25, -0.2) is 0 Å². The normalized spacial score (nSPS) is 24.0. The van der Waals surface area contributed by atoms with Crippen molar-refractivity contribution in [3.63, 3.8) is 0 Å². The van der Waals surface area contributed by atoms with Crippen LogP contribution >= 0.6 is 0 Å². The van der Waals surface area contributed by atoms with E-state index in [1.54, 1.807) is 7.11 Å². The molecule has 2 aliphatic heterocycles. The molecule has 0 spiro atoms. The second kappa shape index (κ2) is 9.92. The number of amides is 3. The van der Waals surface area contributed by atoms with Crippen molar-refractivity contribution in [2.75, 3.05) is 26.7 Å². The molecule has 2 saturated heterocycles. The molecule has 7 nitrogen and oxygen atoms in total. The summed E-state index contributed by atoms with van der Waals surface area (Å²) >= 11 is 0. The fourth-order valence-electron chi connectivity index (χ4n) is 4.96. The van der Waals surface area contributed by atoms with Gasteiger partial charge in [-0.3, -0.25) is 14.4 Å². The summed E-state index contributed by atoms with van der Waals surface area (Å²) in [5.74, 6) is 0.591. The maximum Gasteiger partial charge on any atom is 0.228 e. The first-order valence-corrected chi connectivity index (χ1v) is 12.0. The zero-order valence-corrected chi connectivity index (χ0v) is 19.2. The van der Waals surface area contributed by atoms with Crippen LogP contribution in [0.2, 0.25) is 0 Å². The maximum absolute atomic E-state index is 13.6. The van der Waals surface area contributed by atoms with Crippen molar-refractivity contribution in [3.8, 4) is 5.75 Å². The third kappa shape index (κ3) is 4.92. The van der Waals surface area contributed by atoms with E-state index in [2.05, 4.69) is 12.2 Å². The second-order valence-corrected chi connectivity index (χ2v) is 9.35. The maximum atomic E-state index is 13.6. The van der Waals surface area contributed by atoms with Gasteiger partial charge in [0, 0.05) is 38.0 Å². The van der Waals surface area contributed by atoms with Gasteiger partial charge in [-0.05, 0) is 49.8 Å². The number of hydrogen-bond donors (Lipinski definition) is 1. The molecule has 2 heterocycles. The lowest BCUT2D eigenvalue weighted by molar-refractivity contribution is -0.140. The Morgan fingerprint density at radius 2 is 1.78 bits per heavy atom. The average Bonchev–Trinajstić information content (AvgIpc) is 3.58. The quantitative estimate of drug-likeness (QED) is 0.673. The number of carbonyl (C=O) groups is 3. The van der Waals surface area contributed by atoms with Gasteiger partial charge in [0.15, 0.2) is 0 Å². The van der Waals surface area contributed by atoms with E-state index in [9.17, 15) is 14.4 Å². The Morgan fingerprint density at radius 1 is 1.09 bits per heavy atom. The SMILES string of the molecule is CCCCN1C(=O)CC(C(=O)N2CCC(C(=O)NC3CC3)CC2)C1c1ccc(OC)cc1. The van der Waals surface area contributed by atoms with Gasteiger partial charge in [0.2, 0.25) is 17.7 Å². The second-order valence-electron chi connectivity index (χ2n) is 9.35. The number of piperidine rings is 1. The minimum atomic E-state index is -0.385. The molecule has 2 atom stereocenters. The number of carbonyl (C=O) groups excluding carboxylic acids is 3. The molecule has 1 aromatic carbocycles. The number of hydrogen-bond acceptors (Lipinski definition) is 4. The minimum Gasteiger partial charge on any atom is -0.497 e. The van der Waals surface area contributed by atoms with Crippen LogP contribution in [0.3, 0.4) is 0 Å². The molecule has 2 unspecified atom stereocenters. The number of nitrogens with one attached hydrogen (secondary N) is 1. The Labute approximate surface area is 190 Å². The number of methoxy groups -OCH3 is 1. The van der Waals surface area contributed by atoms with E-state index in [0.717, 1.165) is 37.0 Å². The van der Waals surface area contributed by atoms with Crippen LogP contribution in [-0.2, 0) is 14.4 Å². The summed E-state index contributed by atoms with van der Waals surface area (Å²) in [6.07, 6.45) is 5.71. The van der Waals surface area contributed by atoms with Crippen molar-refractivity contribution in [3.05, 3.63) is 29.8 Å². The van der Waals surface area contributed by atoms with Gasteiger partial charge in [-0.15, -0.1) is 0 Å². The number of nitrogens with zero attached hydrogens (tertiary/aromatic N) is 2. The van der Waals surface area contributed by atoms with Gasteiger partial charge >= 0.3 is 0 Å². The molecule has 0 aromatic heterocycles. The van der Waals surface area contributed by atoms with Gasteiger partial charge in [0.1, 0.15) is 5.75 Å². The Hall–Kier alpha value is -2.57. The summed E-state index contributed by atoms with van der Waals surface area (Å²) in [5.41, 5.74) is 0.977. The summed E-state index contributed by atoms with van der Waals surface area (Å²) in [7, 11) is 1.63. The Bertz CT molecular complexity index is 828. The van der Waals surface area contributed by atoms with E-state index in [0.29, 0.717) is 38.5 Å². The molecule has 0 bridgehead atoms. The van der Waals surface area contributed by atoms with E-state index in [4.69, 9.17) is 4.74 Å². The number of unbranched alkanes of at least 4 members (excludes halogenated alkanes) is 1. The molecular weight excluding hydrogens is 406 g/mol. The van der Waals surface area contributed by atoms with Crippen molar-refractivity contribution in [1.29, 1.82) is 0 Å². The van der Waals surface area contributed by atoms with E-state index < -0.39 is 0 Å².